The number of benzene rings is 3. The predicted molar refractivity (Wildman–Crippen MR) is 271 cm³/mol. The topological polar surface area (TPSA) is 186 Å². The first kappa shape index (κ1) is 48.9. The van der Waals surface area contributed by atoms with E-state index >= 15 is 0 Å². The quantitative estimate of drug-likeness (QED) is 0.0422. The number of H-pyrrole nitrogens is 1. The van der Waals surface area contributed by atoms with Gasteiger partial charge >= 0.3 is 158 Å². The molecule has 358 valence electrons. The molecule has 3 aromatic carbocycles. The summed E-state index contributed by atoms with van der Waals surface area (Å²) in [6, 6.07) is 20.9. The van der Waals surface area contributed by atoms with Crippen LogP contribution in [0.2, 0.25) is 5.02 Å². The molecule has 0 radical (unpaired) electrons. The van der Waals surface area contributed by atoms with Crippen LogP contribution in [0.4, 0.5) is 17.1 Å². The Labute approximate surface area is 402 Å². The molecular weight excluding hydrogens is 931 g/mol. The van der Waals surface area contributed by atoms with E-state index in [9.17, 15) is 28.2 Å². The van der Waals surface area contributed by atoms with Crippen molar-refractivity contribution >= 4 is 80.5 Å². The standard InChI is InChI=1S/C48H60ClN8O7PS2/c1-48(2)15-13-35(42(28-48)33-5-7-36(49)8-6-33)31-54-17-19-55(20-18-54)37-9-11-41(45(26-37)66-39-25-34-14-16-50-46(34)52-30-39)47(58)53-67(62,63)40-10-12-43(44(27-40)57(59)60)51-29-38(32-64-3)56-21-23-65(4,61)24-22-56/h5-12,14,16,25-27,30,38,51,61,65H,13,15,17-24,28-29,31-32H2,1-4H3,(H,50,52)(H,53,58). The number of nitrogens with one attached hydrogen (secondary N) is 3. The maximum atomic E-state index is 14.1. The van der Waals surface area contributed by atoms with Crippen molar-refractivity contribution in [2.24, 2.45) is 5.41 Å². The van der Waals surface area contributed by atoms with E-state index in [0.29, 0.717) is 31.1 Å². The van der Waals surface area contributed by atoms with Gasteiger partial charge in [-0.05, 0) is 78.3 Å². The second kappa shape index (κ2) is 20.6. The van der Waals surface area contributed by atoms with Crippen molar-refractivity contribution in [2.45, 2.75) is 53.8 Å². The Morgan fingerprint density at radius 3 is 2.51 bits per heavy atom. The van der Waals surface area contributed by atoms with Gasteiger partial charge in [-0.3, -0.25) is 9.69 Å². The summed E-state index contributed by atoms with van der Waals surface area (Å²) in [5.74, 6) is -0.870. The van der Waals surface area contributed by atoms with Gasteiger partial charge in [0.05, 0.1) is 5.56 Å². The number of aromatic amines is 1. The minimum atomic E-state index is -4.57. The number of nitro groups is 1. The maximum absolute atomic E-state index is 14.1. The number of nitro benzene ring substituents is 1. The van der Waals surface area contributed by atoms with Crippen LogP contribution in [0.3, 0.4) is 0 Å². The SMILES string of the molecule is COCC(CNc1ccc(S(=O)(=O)NC(=O)c2ccc(N3CCN(CC4=C(c5ccc(Cl)cc5)CC(C)(C)CC4)CC3)cc2Sc2cnc3[nH]ccc3c2)cc1[N+](=O)[O-])N1CC[PH](C)(O)CC1. The summed E-state index contributed by atoms with van der Waals surface area (Å²) in [7, 11) is -5.20. The second-order valence-corrected chi connectivity index (χ2v) is 26.2. The molecule has 0 spiro atoms. The number of hydrogen-bond acceptors (Lipinski definition) is 13. The number of hydrogen-bond donors (Lipinski definition) is 4. The van der Waals surface area contributed by atoms with E-state index in [1.807, 2.05) is 43.1 Å². The minimum absolute atomic E-state index is 0.130. The number of ether oxygens (including phenoxy) is 1. The number of fused-ring (bicyclic) bond motifs is 1. The van der Waals surface area contributed by atoms with E-state index in [1.54, 1.807) is 25.6 Å². The number of rotatable bonds is 16. The molecule has 5 aromatic rings. The van der Waals surface area contributed by atoms with Crippen LogP contribution in [-0.4, -0.2) is 135 Å². The third kappa shape index (κ3) is 12.0. The monoisotopic (exact) mass is 990 g/mol. The normalized spacial score (nSPS) is 19.0. The van der Waals surface area contributed by atoms with Crippen molar-refractivity contribution in [2.75, 3.05) is 95.3 Å². The van der Waals surface area contributed by atoms with Crippen LogP contribution in [0.5, 0.6) is 0 Å². The summed E-state index contributed by atoms with van der Waals surface area (Å²) in [6.07, 6.45) is 8.16. The zero-order valence-electron chi connectivity index (χ0n) is 38.4. The molecule has 2 fully saturated rings. The van der Waals surface area contributed by atoms with Gasteiger partial charge < -0.3 is 9.88 Å². The number of halogens is 1. The van der Waals surface area contributed by atoms with Crippen LogP contribution in [0.1, 0.15) is 49.0 Å². The Balaban J connectivity index is 0.989. The molecule has 4 heterocycles. The number of sulfonamides is 1. The Bertz CT molecular complexity index is 2750. The number of anilines is 2. The van der Waals surface area contributed by atoms with Crippen LogP contribution < -0.4 is 14.9 Å². The van der Waals surface area contributed by atoms with Crippen molar-refractivity contribution in [3.8, 4) is 0 Å². The molecule has 1 atom stereocenters. The molecule has 3 aliphatic rings. The van der Waals surface area contributed by atoms with Gasteiger partial charge in [0, 0.05) is 71.0 Å². The third-order valence-electron chi connectivity index (χ3n) is 13.3. The van der Waals surface area contributed by atoms with Crippen LogP contribution in [-0.2, 0) is 14.8 Å². The summed E-state index contributed by atoms with van der Waals surface area (Å²) in [5, 5.41) is 17.1. The first-order chi connectivity index (χ1) is 32.0. The van der Waals surface area contributed by atoms with Crippen molar-refractivity contribution < 1.29 is 27.8 Å². The molecule has 8 rings (SSSR count). The zero-order valence-corrected chi connectivity index (χ0v) is 41.8. The first-order valence-corrected chi connectivity index (χ1v) is 28.2. The molecule has 4 N–H and O–H groups in total. The third-order valence-corrected chi connectivity index (χ3v) is 18.5. The fourth-order valence-corrected chi connectivity index (χ4v) is 13.2. The Hall–Kier alpha value is -4.58. The van der Waals surface area contributed by atoms with Crippen molar-refractivity contribution in [3.63, 3.8) is 0 Å². The van der Waals surface area contributed by atoms with Crippen molar-refractivity contribution in [3.05, 3.63) is 117 Å². The number of amides is 1. The molecule has 67 heavy (non-hydrogen) atoms. The average molecular weight is 992 g/mol. The predicted octanol–water partition coefficient (Wildman–Crippen LogP) is 8.21. The number of piperazine rings is 1. The molecule has 15 nitrogen and oxygen atoms in total. The molecule has 19 heteroatoms. The first-order valence-electron chi connectivity index (χ1n) is 22.7. The van der Waals surface area contributed by atoms with Gasteiger partial charge in [0.25, 0.3) is 5.91 Å². The molecule has 2 aromatic heterocycles. The summed E-state index contributed by atoms with van der Waals surface area (Å²) < 4.78 is 35.4. The van der Waals surface area contributed by atoms with Gasteiger partial charge in [0.1, 0.15) is 5.65 Å². The van der Waals surface area contributed by atoms with Gasteiger partial charge in [-0.25, -0.2) is 4.98 Å². The molecule has 2 aliphatic heterocycles. The summed E-state index contributed by atoms with van der Waals surface area (Å²) in [4.78, 5) is 51.9. The van der Waals surface area contributed by atoms with E-state index in [2.05, 4.69) is 60.7 Å². The van der Waals surface area contributed by atoms with E-state index in [-0.39, 0.29) is 22.7 Å². The van der Waals surface area contributed by atoms with Gasteiger partial charge in [0.15, 0.2) is 0 Å². The molecule has 1 amide bonds. The van der Waals surface area contributed by atoms with Gasteiger partial charge in [-0.1, -0.05) is 54.9 Å². The van der Waals surface area contributed by atoms with Crippen molar-refractivity contribution in [1.82, 2.24) is 24.5 Å². The molecule has 2 saturated heterocycles. The number of carbonyl (C=O) groups is 1. The van der Waals surface area contributed by atoms with Crippen LogP contribution in [0.25, 0.3) is 16.6 Å². The number of allylic oxidation sites excluding steroid dienone is 1. The molecule has 0 bridgehead atoms. The van der Waals surface area contributed by atoms with Gasteiger partial charge in [-0.15, -0.1) is 0 Å². The van der Waals surface area contributed by atoms with E-state index < -0.39 is 38.9 Å². The van der Waals surface area contributed by atoms with Crippen LogP contribution in [0.15, 0.2) is 105 Å². The van der Waals surface area contributed by atoms with Gasteiger partial charge in [-0.2, -0.15) is 0 Å². The Morgan fingerprint density at radius 1 is 1.04 bits per heavy atom. The summed E-state index contributed by atoms with van der Waals surface area (Å²) in [6.45, 7) is 12.8. The number of pyridine rings is 1. The number of methoxy groups -OCH3 is 1. The number of aromatic nitrogens is 2. The second-order valence-electron chi connectivity index (χ2n) is 19.0. The molecule has 1 unspecified atom stereocenters. The number of nitrogens with zero attached hydrogens (tertiary/aromatic N) is 5. The van der Waals surface area contributed by atoms with E-state index in [4.69, 9.17) is 16.3 Å². The Kier molecular flexibility index (Phi) is 15.0. The van der Waals surface area contributed by atoms with E-state index in [1.165, 1.54) is 40.6 Å². The summed E-state index contributed by atoms with van der Waals surface area (Å²) in [5.41, 5.74) is 5.79. The Morgan fingerprint density at radius 2 is 1.79 bits per heavy atom. The fraction of sp³-hybridized carbons (Fsp3) is 0.417. The molecule has 1 aliphatic carbocycles. The molecule has 0 saturated carbocycles. The summed E-state index contributed by atoms with van der Waals surface area (Å²) >= 11 is 7.57. The fourth-order valence-electron chi connectivity index (χ4n) is 9.28. The number of carbonyl (C=O) groups excluding carboxylic acids is 1. The van der Waals surface area contributed by atoms with Crippen LogP contribution in [0, 0.1) is 15.5 Å². The van der Waals surface area contributed by atoms with Gasteiger partial charge in [0.2, 0.25) is 0 Å². The van der Waals surface area contributed by atoms with Crippen LogP contribution >= 0.6 is 30.9 Å². The zero-order chi connectivity index (χ0) is 47.5. The molecular formula is C48H60ClN8O7PS2. The average Bonchev–Trinajstić information content (AvgIpc) is 3.77. The van der Waals surface area contributed by atoms with E-state index in [0.717, 1.165) is 97.0 Å². The van der Waals surface area contributed by atoms with Crippen molar-refractivity contribution in [1.29, 1.82) is 0 Å².